The second-order valence-electron chi connectivity index (χ2n) is 8.56. The van der Waals surface area contributed by atoms with E-state index in [0.29, 0.717) is 39.3 Å². The standard InChI is InChI=1S/C22H31N3O5/c1-3-30-17-6-8-23(9-7-17)21(27)18-4-5-19-16-10-15(12-25(19)22(18)28)11-24(13-16)20(26)14-29-2/h4-5,15-17H,3,6-14H2,1-2H3/t15-,16+/m0/s1. The Morgan fingerprint density at radius 2 is 1.87 bits per heavy atom. The van der Waals surface area contributed by atoms with Crippen LogP contribution in [-0.2, 0) is 20.8 Å². The van der Waals surface area contributed by atoms with E-state index >= 15 is 0 Å². The number of hydrogen-bond acceptors (Lipinski definition) is 5. The second kappa shape index (κ2) is 8.89. The average Bonchev–Trinajstić information content (AvgIpc) is 2.75. The van der Waals surface area contributed by atoms with Gasteiger partial charge in [0.25, 0.3) is 11.5 Å². The lowest BCUT2D eigenvalue weighted by Crippen LogP contribution is -2.51. The first-order valence-electron chi connectivity index (χ1n) is 10.9. The Morgan fingerprint density at radius 3 is 2.57 bits per heavy atom. The van der Waals surface area contributed by atoms with Crippen molar-refractivity contribution in [1.82, 2.24) is 14.4 Å². The Morgan fingerprint density at radius 1 is 1.10 bits per heavy atom. The molecule has 8 nitrogen and oxygen atoms in total. The molecule has 0 radical (unpaired) electrons. The summed E-state index contributed by atoms with van der Waals surface area (Å²) >= 11 is 0. The topological polar surface area (TPSA) is 81.1 Å². The molecule has 2 saturated heterocycles. The summed E-state index contributed by atoms with van der Waals surface area (Å²) in [7, 11) is 1.52. The number of aromatic nitrogens is 1. The number of carbonyl (C=O) groups excluding carboxylic acids is 2. The molecule has 0 aliphatic carbocycles. The monoisotopic (exact) mass is 417 g/mol. The molecule has 1 aromatic heterocycles. The van der Waals surface area contributed by atoms with E-state index in [4.69, 9.17) is 9.47 Å². The number of nitrogens with zero attached hydrogens (tertiary/aromatic N) is 3. The predicted octanol–water partition coefficient (Wildman–Crippen LogP) is 1.08. The Balaban J connectivity index is 1.51. The fourth-order valence-electron chi connectivity index (χ4n) is 5.16. The molecule has 2 fully saturated rings. The van der Waals surface area contributed by atoms with E-state index < -0.39 is 0 Å². The van der Waals surface area contributed by atoms with Crippen LogP contribution in [0, 0.1) is 5.92 Å². The smallest absolute Gasteiger partial charge is 0.263 e. The first kappa shape index (κ1) is 21.1. The van der Waals surface area contributed by atoms with Crippen molar-refractivity contribution in [3.63, 3.8) is 0 Å². The molecular weight excluding hydrogens is 386 g/mol. The van der Waals surface area contributed by atoms with Crippen molar-refractivity contribution in [2.75, 3.05) is 46.5 Å². The molecule has 4 heterocycles. The zero-order valence-electron chi connectivity index (χ0n) is 17.8. The second-order valence-corrected chi connectivity index (χ2v) is 8.56. The number of ether oxygens (including phenoxy) is 2. The molecule has 4 rings (SSSR count). The highest BCUT2D eigenvalue weighted by molar-refractivity contribution is 5.94. The largest absolute Gasteiger partial charge is 0.378 e. The van der Waals surface area contributed by atoms with Crippen LogP contribution in [0.3, 0.4) is 0 Å². The molecule has 2 bridgehead atoms. The lowest BCUT2D eigenvalue weighted by Gasteiger charge is -2.43. The van der Waals surface area contributed by atoms with Crippen molar-refractivity contribution >= 4 is 11.8 Å². The van der Waals surface area contributed by atoms with Gasteiger partial charge in [-0.05, 0) is 44.2 Å². The van der Waals surface area contributed by atoms with E-state index in [-0.39, 0.29) is 47.5 Å². The van der Waals surface area contributed by atoms with Gasteiger partial charge in [-0.3, -0.25) is 14.4 Å². The van der Waals surface area contributed by atoms with Crippen LogP contribution in [0.2, 0.25) is 0 Å². The third kappa shape index (κ3) is 4.03. The van der Waals surface area contributed by atoms with Crippen LogP contribution >= 0.6 is 0 Å². The van der Waals surface area contributed by atoms with Crippen molar-refractivity contribution in [3.05, 3.63) is 33.7 Å². The van der Waals surface area contributed by atoms with E-state index in [2.05, 4.69) is 0 Å². The third-order valence-corrected chi connectivity index (χ3v) is 6.59. The summed E-state index contributed by atoms with van der Waals surface area (Å²) in [6, 6.07) is 3.59. The van der Waals surface area contributed by atoms with Gasteiger partial charge in [-0.2, -0.15) is 0 Å². The van der Waals surface area contributed by atoms with Gasteiger partial charge in [-0.1, -0.05) is 0 Å². The van der Waals surface area contributed by atoms with Gasteiger partial charge in [0.2, 0.25) is 5.91 Å². The van der Waals surface area contributed by atoms with Crippen molar-refractivity contribution in [2.24, 2.45) is 5.92 Å². The van der Waals surface area contributed by atoms with E-state index in [1.54, 1.807) is 15.5 Å². The van der Waals surface area contributed by atoms with Crippen molar-refractivity contribution in [2.45, 2.75) is 44.8 Å². The minimum Gasteiger partial charge on any atom is -0.378 e. The first-order valence-corrected chi connectivity index (χ1v) is 10.9. The van der Waals surface area contributed by atoms with Crippen LogP contribution in [0.15, 0.2) is 16.9 Å². The number of hydrogen-bond donors (Lipinski definition) is 0. The summed E-state index contributed by atoms with van der Waals surface area (Å²) in [6.45, 7) is 5.76. The number of rotatable bonds is 5. The van der Waals surface area contributed by atoms with E-state index in [1.165, 1.54) is 7.11 Å². The molecule has 164 valence electrons. The number of amides is 2. The predicted molar refractivity (Wildman–Crippen MR) is 111 cm³/mol. The molecule has 0 unspecified atom stereocenters. The minimum atomic E-state index is -0.198. The molecule has 30 heavy (non-hydrogen) atoms. The van der Waals surface area contributed by atoms with Crippen molar-refractivity contribution < 1.29 is 19.1 Å². The zero-order valence-corrected chi connectivity index (χ0v) is 17.8. The molecule has 3 aliphatic rings. The molecule has 0 aromatic carbocycles. The lowest BCUT2D eigenvalue weighted by molar-refractivity contribution is -0.137. The Bertz CT molecular complexity index is 859. The first-order chi connectivity index (χ1) is 14.5. The molecule has 0 saturated carbocycles. The fourth-order valence-corrected chi connectivity index (χ4v) is 5.16. The number of piperidine rings is 2. The van der Waals surface area contributed by atoms with Crippen molar-refractivity contribution in [3.8, 4) is 0 Å². The summed E-state index contributed by atoms with van der Waals surface area (Å²) in [5.41, 5.74) is 0.981. The molecule has 8 heteroatoms. The number of likely N-dealkylation sites (tertiary alicyclic amines) is 2. The van der Waals surface area contributed by atoms with Gasteiger partial charge in [0.15, 0.2) is 0 Å². The highest BCUT2D eigenvalue weighted by atomic mass is 16.5. The van der Waals surface area contributed by atoms with E-state index in [0.717, 1.165) is 25.0 Å². The summed E-state index contributed by atoms with van der Waals surface area (Å²) < 4.78 is 12.4. The van der Waals surface area contributed by atoms with Crippen molar-refractivity contribution in [1.29, 1.82) is 0 Å². The molecule has 2 atom stereocenters. The van der Waals surface area contributed by atoms with Gasteiger partial charge >= 0.3 is 0 Å². The van der Waals surface area contributed by atoms with Crippen LogP contribution in [0.1, 0.15) is 48.2 Å². The zero-order chi connectivity index (χ0) is 21.3. The maximum absolute atomic E-state index is 13.2. The van der Waals surface area contributed by atoms with Gasteiger partial charge in [0, 0.05) is 58.1 Å². The summed E-state index contributed by atoms with van der Waals surface area (Å²) in [4.78, 5) is 42.1. The summed E-state index contributed by atoms with van der Waals surface area (Å²) in [5.74, 6) is 0.155. The van der Waals surface area contributed by atoms with E-state index in [9.17, 15) is 14.4 Å². The number of carbonyl (C=O) groups is 2. The van der Waals surface area contributed by atoms with Gasteiger partial charge in [0.05, 0.1) is 6.10 Å². The fraction of sp³-hybridized carbons (Fsp3) is 0.682. The molecule has 0 spiro atoms. The maximum atomic E-state index is 13.2. The molecular formula is C22H31N3O5. The maximum Gasteiger partial charge on any atom is 0.263 e. The summed E-state index contributed by atoms with van der Waals surface area (Å²) in [5, 5.41) is 0. The Kier molecular flexibility index (Phi) is 6.24. The van der Waals surface area contributed by atoms with Crippen LogP contribution in [-0.4, -0.2) is 78.8 Å². The SMILES string of the molecule is CCOC1CCN(C(=O)c2ccc3n(c2=O)C[C@H]2C[C@@H]3CN(C(=O)COC)C2)CC1. The molecule has 0 N–H and O–H groups in total. The van der Waals surface area contributed by atoms with Crippen LogP contribution in [0.25, 0.3) is 0 Å². The normalized spacial score (nSPS) is 23.9. The van der Waals surface area contributed by atoms with Gasteiger partial charge < -0.3 is 23.8 Å². The van der Waals surface area contributed by atoms with Gasteiger partial charge in [0.1, 0.15) is 12.2 Å². The van der Waals surface area contributed by atoms with Crippen LogP contribution < -0.4 is 5.56 Å². The van der Waals surface area contributed by atoms with Gasteiger partial charge in [-0.15, -0.1) is 0 Å². The minimum absolute atomic E-state index is 0.00903. The highest BCUT2D eigenvalue weighted by Crippen LogP contribution is 2.35. The molecule has 3 aliphatic heterocycles. The average molecular weight is 418 g/mol. The Hall–Kier alpha value is -2.19. The quantitative estimate of drug-likeness (QED) is 0.716. The highest BCUT2D eigenvalue weighted by Gasteiger charge is 2.37. The van der Waals surface area contributed by atoms with Gasteiger partial charge in [-0.25, -0.2) is 0 Å². The number of pyridine rings is 1. The molecule has 2 amide bonds. The lowest BCUT2D eigenvalue weighted by atomic mass is 9.83. The third-order valence-electron chi connectivity index (χ3n) is 6.59. The van der Waals surface area contributed by atoms with Crippen LogP contribution in [0.4, 0.5) is 0 Å². The Labute approximate surface area is 176 Å². The molecule has 1 aromatic rings. The van der Waals surface area contributed by atoms with E-state index in [1.807, 2.05) is 17.9 Å². The van der Waals surface area contributed by atoms with Crippen LogP contribution in [0.5, 0.6) is 0 Å². The number of fused-ring (bicyclic) bond motifs is 4. The summed E-state index contributed by atoms with van der Waals surface area (Å²) in [6.07, 6.45) is 2.78. The number of methoxy groups -OCH3 is 1.